The van der Waals surface area contributed by atoms with Gasteiger partial charge in [0.15, 0.2) is 0 Å². The van der Waals surface area contributed by atoms with Gasteiger partial charge >= 0.3 is 0 Å². The van der Waals surface area contributed by atoms with Gasteiger partial charge in [0.2, 0.25) is 0 Å². The van der Waals surface area contributed by atoms with Crippen LogP contribution in [-0.2, 0) is 0 Å². The van der Waals surface area contributed by atoms with Gasteiger partial charge in [-0.05, 0) is 39.9 Å². The number of hydrogen-bond donors (Lipinski definition) is 1. The summed E-state index contributed by atoms with van der Waals surface area (Å²) in [7, 11) is 0. The van der Waals surface area contributed by atoms with Crippen LogP contribution in [0.15, 0.2) is 22.7 Å². The van der Waals surface area contributed by atoms with Gasteiger partial charge < -0.3 is 5.32 Å². The van der Waals surface area contributed by atoms with E-state index in [1.165, 1.54) is 6.07 Å². The van der Waals surface area contributed by atoms with Crippen molar-refractivity contribution in [2.45, 2.75) is 26.3 Å². The van der Waals surface area contributed by atoms with Crippen molar-refractivity contribution in [3.63, 3.8) is 0 Å². The quantitative estimate of drug-likeness (QED) is 0.867. The van der Waals surface area contributed by atoms with Gasteiger partial charge in [0.25, 0.3) is 0 Å². The van der Waals surface area contributed by atoms with Crippen molar-refractivity contribution in [2.75, 3.05) is 26.2 Å². The first kappa shape index (κ1) is 17.9. The molecule has 5 heteroatoms. The predicted octanol–water partition coefficient (Wildman–Crippen LogP) is 4.00. The monoisotopic (exact) mass is 364 g/mol. The van der Waals surface area contributed by atoms with Crippen molar-refractivity contribution < 1.29 is 4.39 Å². The summed E-state index contributed by atoms with van der Waals surface area (Å²) in [5, 5.41) is 3.37. The Morgan fingerprint density at radius 1 is 1.30 bits per heavy atom. The van der Waals surface area contributed by atoms with E-state index in [-0.39, 0.29) is 18.2 Å². The van der Waals surface area contributed by atoms with E-state index in [0.29, 0.717) is 16.4 Å². The van der Waals surface area contributed by atoms with E-state index < -0.39 is 0 Å². The van der Waals surface area contributed by atoms with Gasteiger partial charge in [0.05, 0.1) is 4.47 Å². The standard InChI is InChI=1S/C15H22BrFN2.ClH/c1-11(2)10-14(19-8-6-18-7-9-19)12-4-3-5-13(17)15(12)16;/h3-5,11,14,18H,6-10H2,1-2H3;1H/t14-;/m0./s1. The Balaban J connectivity index is 0.00000200. The summed E-state index contributed by atoms with van der Waals surface area (Å²) in [5.74, 6) is 0.427. The van der Waals surface area contributed by atoms with Crippen LogP contribution in [0.25, 0.3) is 0 Å². The molecular formula is C15H23BrClFN2. The first-order chi connectivity index (χ1) is 9.09. The first-order valence-electron chi connectivity index (χ1n) is 6.98. The predicted molar refractivity (Wildman–Crippen MR) is 88.0 cm³/mol. The number of nitrogens with one attached hydrogen (secondary N) is 1. The molecule has 1 saturated heterocycles. The van der Waals surface area contributed by atoms with Crippen LogP contribution in [-0.4, -0.2) is 31.1 Å². The summed E-state index contributed by atoms with van der Waals surface area (Å²) in [4.78, 5) is 2.47. The molecule has 1 aromatic carbocycles. The highest BCUT2D eigenvalue weighted by atomic mass is 79.9. The fourth-order valence-corrected chi connectivity index (χ4v) is 3.22. The highest BCUT2D eigenvalue weighted by Gasteiger charge is 2.25. The van der Waals surface area contributed by atoms with Crippen LogP contribution in [0.5, 0.6) is 0 Å². The Hall–Kier alpha value is -0.160. The topological polar surface area (TPSA) is 15.3 Å². The molecule has 2 rings (SSSR count). The number of hydrogen-bond acceptors (Lipinski definition) is 2. The third-order valence-corrected chi connectivity index (χ3v) is 4.46. The van der Waals surface area contributed by atoms with E-state index in [9.17, 15) is 4.39 Å². The van der Waals surface area contributed by atoms with E-state index in [0.717, 1.165) is 38.2 Å². The molecule has 1 fully saturated rings. The molecule has 2 nitrogen and oxygen atoms in total. The van der Waals surface area contributed by atoms with Crippen LogP contribution in [0.1, 0.15) is 31.9 Å². The number of benzene rings is 1. The summed E-state index contributed by atoms with van der Waals surface area (Å²) in [5.41, 5.74) is 1.08. The maximum atomic E-state index is 13.8. The Morgan fingerprint density at radius 2 is 1.95 bits per heavy atom. The Labute approximate surface area is 135 Å². The maximum Gasteiger partial charge on any atom is 0.137 e. The molecule has 0 saturated carbocycles. The summed E-state index contributed by atoms with van der Waals surface area (Å²) in [6.45, 7) is 8.54. The largest absolute Gasteiger partial charge is 0.314 e. The molecule has 1 N–H and O–H groups in total. The summed E-state index contributed by atoms with van der Waals surface area (Å²) in [6, 6.07) is 5.66. The molecule has 1 atom stereocenters. The molecule has 1 aliphatic heterocycles. The van der Waals surface area contributed by atoms with Gasteiger partial charge in [-0.15, -0.1) is 12.4 Å². The average molecular weight is 366 g/mol. The molecule has 20 heavy (non-hydrogen) atoms. The van der Waals surface area contributed by atoms with Gasteiger partial charge in [-0.25, -0.2) is 4.39 Å². The van der Waals surface area contributed by atoms with Gasteiger partial charge in [0.1, 0.15) is 5.82 Å². The molecular weight excluding hydrogens is 343 g/mol. The fourth-order valence-electron chi connectivity index (χ4n) is 2.69. The van der Waals surface area contributed by atoms with E-state index >= 15 is 0 Å². The zero-order chi connectivity index (χ0) is 13.8. The minimum atomic E-state index is -0.165. The molecule has 1 aromatic rings. The maximum absolute atomic E-state index is 13.8. The molecule has 0 spiro atoms. The minimum Gasteiger partial charge on any atom is -0.314 e. The first-order valence-corrected chi connectivity index (χ1v) is 7.77. The second-order valence-electron chi connectivity index (χ2n) is 5.57. The van der Waals surface area contributed by atoms with Crippen LogP contribution in [0.2, 0.25) is 0 Å². The zero-order valence-electron chi connectivity index (χ0n) is 12.0. The van der Waals surface area contributed by atoms with Crippen molar-refractivity contribution in [3.8, 4) is 0 Å². The van der Waals surface area contributed by atoms with Gasteiger partial charge in [-0.3, -0.25) is 4.90 Å². The molecule has 0 unspecified atom stereocenters. The normalized spacial score (nSPS) is 17.9. The lowest BCUT2D eigenvalue weighted by molar-refractivity contribution is 0.153. The van der Waals surface area contributed by atoms with Gasteiger partial charge in [-0.1, -0.05) is 26.0 Å². The van der Waals surface area contributed by atoms with E-state index in [1.54, 1.807) is 0 Å². The molecule has 114 valence electrons. The van der Waals surface area contributed by atoms with Crippen LogP contribution >= 0.6 is 28.3 Å². The number of piperazine rings is 1. The zero-order valence-corrected chi connectivity index (χ0v) is 14.4. The summed E-state index contributed by atoms with van der Waals surface area (Å²) >= 11 is 3.42. The Bertz CT molecular complexity index is 422. The van der Waals surface area contributed by atoms with E-state index in [2.05, 4.69) is 40.0 Å². The molecule has 0 aliphatic carbocycles. The van der Waals surface area contributed by atoms with Crippen molar-refractivity contribution in [1.29, 1.82) is 0 Å². The lowest BCUT2D eigenvalue weighted by Gasteiger charge is -2.36. The van der Waals surface area contributed by atoms with E-state index in [1.807, 2.05) is 12.1 Å². The number of nitrogens with zero attached hydrogens (tertiary/aromatic N) is 1. The van der Waals surface area contributed by atoms with Gasteiger partial charge in [-0.2, -0.15) is 0 Å². The molecule has 1 heterocycles. The van der Waals surface area contributed by atoms with Crippen LogP contribution in [0.3, 0.4) is 0 Å². The van der Waals surface area contributed by atoms with Crippen molar-refractivity contribution in [1.82, 2.24) is 10.2 Å². The van der Waals surface area contributed by atoms with Crippen LogP contribution < -0.4 is 5.32 Å². The molecule has 0 aromatic heterocycles. The minimum absolute atomic E-state index is 0. The molecule has 0 radical (unpaired) electrons. The Kier molecular flexibility index (Phi) is 7.45. The SMILES string of the molecule is CC(C)C[C@@H](c1cccc(F)c1Br)N1CCNCC1.Cl. The van der Waals surface area contributed by atoms with Crippen molar-refractivity contribution >= 4 is 28.3 Å². The summed E-state index contributed by atoms with van der Waals surface area (Å²) < 4.78 is 14.4. The lowest BCUT2D eigenvalue weighted by atomic mass is 9.95. The second kappa shape index (κ2) is 8.32. The highest BCUT2D eigenvalue weighted by molar-refractivity contribution is 9.10. The lowest BCUT2D eigenvalue weighted by Crippen LogP contribution is -2.45. The van der Waals surface area contributed by atoms with Crippen molar-refractivity contribution in [2.24, 2.45) is 5.92 Å². The fraction of sp³-hybridized carbons (Fsp3) is 0.600. The third kappa shape index (κ3) is 4.42. The van der Waals surface area contributed by atoms with Gasteiger partial charge in [0, 0.05) is 32.2 Å². The molecule has 0 amide bonds. The molecule has 1 aliphatic rings. The number of halogens is 3. The van der Waals surface area contributed by atoms with Crippen LogP contribution in [0.4, 0.5) is 4.39 Å². The average Bonchev–Trinajstić information content (AvgIpc) is 2.40. The smallest absolute Gasteiger partial charge is 0.137 e. The Morgan fingerprint density at radius 3 is 2.55 bits per heavy atom. The van der Waals surface area contributed by atoms with E-state index in [4.69, 9.17) is 0 Å². The highest BCUT2D eigenvalue weighted by Crippen LogP contribution is 2.34. The number of rotatable bonds is 4. The third-order valence-electron chi connectivity index (χ3n) is 3.63. The molecule has 0 bridgehead atoms. The summed E-state index contributed by atoms with van der Waals surface area (Å²) in [6.07, 6.45) is 1.06. The van der Waals surface area contributed by atoms with Crippen molar-refractivity contribution in [3.05, 3.63) is 34.1 Å². The van der Waals surface area contributed by atoms with Crippen LogP contribution in [0, 0.1) is 11.7 Å². The second-order valence-corrected chi connectivity index (χ2v) is 6.37.